The van der Waals surface area contributed by atoms with Crippen LogP contribution in [-0.2, 0) is 0 Å². The summed E-state index contributed by atoms with van der Waals surface area (Å²) in [6.07, 6.45) is 0. The van der Waals surface area contributed by atoms with Crippen molar-refractivity contribution in [3.63, 3.8) is 0 Å². The van der Waals surface area contributed by atoms with Crippen LogP contribution in [0, 0.1) is 11.3 Å². The molecule has 0 spiro atoms. The molecule has 2 aromatic rings. The molecule has 1 aromatic heterocycles. The number of nitriles is 1. The maximum Gasteiger partial charge on any atom is 0.273 e. The van der Waals surface area contributed by atoms with Gasteiger partial charge in [0.25, 0.3) is 5.56 Å². The monoisotopic (exact) mass is 231 g/mol. The van der Waals surface area contributed by atoms with Crippen LogP contribution >= 0.6 is 11.6 Å². The van der Waals surface area contributed by atoms with Crippen LogP contribution < -0.4 is 5.56 Å². The average Bonchev–Trinajstić information content (AvgIpc) is 2.33. The largest absolute Gasteiger partial charge is 0.273 e. The van der Waals surface area contributed by atoms with Crippen LogP contribution in [0.1, 0.15) is 5.56 Å². The van der Waals surface area contributed by atoms with Gasteiger partial charge in [-0.15, -0.1) is 0 Å². The Labute approximate surface area is 96.1 Å². The van der Waals surface area contributed by atoms with Crippen LogP contribution in [0.25, 0.3) is 11.1 Å². The molecule has 0 saturated heterocycles. The zero-order valence-corrected chi connectivity index (χ0v) is 8.82. The molecule has 0 saturated carbocycles. The average molecular weight is 232 g/mol. The van der Waals surface area contributed by atoms with E-state index in [0.29, 0.717) is 5.56 Å². The van der Waals surface area contributed by atoms with Crippen molar-refractivity contribution in [3.8, 4) is 17.2 Å². The Kier molecular flexibility index (Phi) is 2.71. The number of halogens is 1. The van der Waals surface area contributed by atoms with E-state index in [9.17, 15) is 4.79 Å². The molecule has 0 unspecified atom stereocenters. The van der Waals surface area contributed by atoms with Crippen molar-refractivity contribution in [2.24, 2.45) is 0 Å². The van der Waals surface area contributed by atoms with Gasteiger partial charge < -0.3 is 0 Å². The lowest BCUT2D eigenvalue weighted by atomic mass is 10.0. The number of hydrogen-bond donors (Lipinski definition) is 1. The van der Waals surface area contributed by atoms with E-state index in [0.717, 1.165) is 0 Å². The fourth-order valence-corrected chi connectivity index (χ4v) is 1.59. The maximum absolute atomic E-state index is 11.6. The Hall–Kier alpha value is -2.12. The smallest absolute Gasteiger partial charge is 0.267 e. The molecule has 1 aromatic carbocycles. The number of nitrogens with zero attached hydrogens (tertiary/aromatic N) is 2. The SMILES string of the molecule is N#Cc1c(Cl)n[nH]c(=O)c1-c1ccccc1. The molecule has 0 atom stereocenters. The van der Waals surface area contributed by atoms with Crippen molar-refractivity contribution < 1.29 is 0 Å². The number of H-pyrrole nitrogens is 1. The Morgan fingerprint density at radius 2 is 2.00 bits per heavy atom. The van der Waals surface area contributed by atoms with Gasteiger partial charge in [0, 0.05) is 0 Å². The lowest BCUT2D eigenvalue weighted by Gasteiger charge is -2.02. The number of aromatic nitrogens is 2. The second-order valence-electron chi connectivity index (χ2n) is 3.07. The zero-order chi connectivity index (χ0) is 11.5. The highest BCUT2D eigenvalue weighted by Gasteiger charge is 2.13. The fraction of sp³-hybridized carbons (Fsp3) is 0. The number of nitrogens with one attached hydrogen (secondary N) is 1. The van der Waals surface area contributed by atoms with Gasteiger partial charge in [-0.05, 0) is 5.56 Å². The minimum Gasteiger partial charge on any atom is -0.267 e. The van der Waals surface area contributed by atoms with E-state index < -0.39 is 5.56 Å². The summed E-state index contributed by atoms with van der Waals surface area (Å²) in [5, 5.41) is 14.8. The molecule has 78 valence electrons. The van der Waals surface area contributed by atoms with E-state index in [4.69, 9.17) is 16.9 Å². The van der Waals surface area contributed by atoms with E-state index in [1.807, 2.05) is 12.1 Å². The zero-order valence-electron chi connectivity index (χ0n) is 8.07. The van der Waals surface area contributed by atoms with E-state index in [1.165, 1.54) is 0 Å². The Morgan fingerprint density at radius 3 is 2.62 bits per heavy atom. The normalized spacial score (nSPS) is 9.75. The van der Waals surface area contributed by atoms with Crippen LogP contribution in [0.4, 0.5) is 0 Å². The van der Waals surface area contributed by atoms with Crippen LogP contribution in [0.3, 0.4) is 0 Å². The van der Waals surface area contributed by atoms with Crippen molar-refractivity contribution in [2.45, 2.75) is 0 Å². The van der Waals surface area contributed by atoms with E-state index in [1.54, 1.807) is 24.3 Å². The van der Waals surface area contributed by atoms with Gasteiger partial charge in [0.05, 0.1) is 5.56 Å². The number of aromatic amines is 1. The van der Waals surface area contributed by atoms with Gasteiger partial charge in [-0.3, -0.25) is 4.79 Å². The molecule has 0 fully saturated rings. The van der Waals surface area contributed by atoms with Crippen molar-refractivity contribution >= 4 is 11.6 Å². The molecule has 0 aliphatic carbocycles. The molecule has 0 aliphatic rings. The Bertz CT molecular complexity index is 613. The van der Waals surface area contributed by atoms with Crippen molar-refractivity contribution in [1.82, 2.24) is 10.2 Å². The Morgan fingerprint density at radius 1 is 1.31 bits per heavy atom. The quantitative estimate of drug-likeness (QED) is 0.816. The molecule has 2 rings (SSSR count). The molecule has 16 heavy (non-hydrogen) atoms. The van der Waals surface area contributed by atoms with Gasteiger partial charge in [0.15, 0.2) is 5.15 Å². The van der Waals surface area contributed by atoms with E-state index >= 15 is 0 Å². The summed E-state index contributed by atoms with van der Waals surface area (Å²) in [4.78, 5) is 11.6. The molecule has 5 heteroatoms. The van der Waals surface area contributed by atoms with Gasteiger partial charge in [0.2, 0.25) is 0 Å². The van der Waals surface area contributed by atoms with E-state index in [-0.39, 0.29) is 16.3 Å². The number of benzene rings is 1. The predicted octanol–water partition coefficient (Wildman–Crippen LogP) is 1.96. The molecule has 0 radical (unpaired) electrons. The first-order valence-corrected chi connectivity index (χ1v) is 4.85. The highest BCUT2D eigenvalue weighted by atomic mass is 35.5. The summed E-state index contributed by atoms with van der Waals surface area (Å²) >= 11 is 5.75. The molecule has 1 heterocycles. The summed E-state index contributed by atoms with van der Waals surface area (Å²) < 4.78 is 0. The number of rotatable bonds is 1. The highest BCUT2D eigenvalue weighted by Crippen LogP contribution is 2.22. The summed E-state index contributed by atoms with van der Waals surface area (Å²) in [6.45, 7) is 0. The third kappa shape index (κ3) is 1.69. The first-order valence-electron chi connectivity index (χ1n) is 4.47. The van der Waals surface area contributed by atoms with Crippen molar-refractivity contribution in [1.29, 1.82) is 5.26 Å². The van der Waals surface area contributed by atoms with Crippen LogP contribution in [-0.4, -0.2) is 10.2 Å². The minimum absolute atomic E-state index is 0.000882. The highest BCUT2D eigenvalue weighted by molar-refractivity contribution is 6.30. The predicted molar refractivity (Wildman–Crippen MR) is 60.0 cm³/mol. The van der Waals surface area contributed by atoms with Gasteiger partial charge in [-0.25, -0.2) is 5.10 Å². The molecule has 0 bridgehead atoms. The van der Waals surface area contributed by atoms with Gasteiger partial charge in [0.1, 0.15) is 11.6 Å². The lowest BCUT2D eigenvalue weighted by molar-refractivity contribution is 0.986. The van der Waals surface area contributed by atoms with Gasteiger partial charge >= 0.3 is 0 Å². The number of hydrogen-bond acceptors (Lipinski definition) is 3. The van der Waals surface area contributed by atoms with E-state index in [2.05, 4.69) is 10.2 Å². The summed E-state index contributed by atoms with van der Waals surface area (Å²) in [7, 11) is 0. The molecular weight excluding hydrogens is 226 g/mol. The minimum atomic E-state index is -0.424. The first kappa shape index (κ1) is 10.4. The topological polar surface area (TPSA) is 69.5 Å². The third-order valence-corrected chi connectivity index (χ3v) is 2.39. The summed E-state index contributed by atoms with van der Waals surface area (Å²) in [6, 6.07) is 10.8. The van der Waals surface area contributed by atoms with Gasteiger partial charge in [-0.2, -0.15) is 10.4 Å². The van der Waals surface area contributed by atoms with Crippen LogP contribution in [0.2, 0.25) is 5.15 Å². The second-order valence-corrected chi connectivity index (χ2v) is 3.43. The Balaban J connectivity index is 2.80. The maximum atomic E-state index is 11.6. The van der Waals surface area contributed by atoms with Crippen LogP contribution in [0.15, 0.2) is 35.1 Å². The molecule has 1 N–H and O–H groups in total. The molecule has 0 amide bonds. The molecule has 4 nitrogen and oxygen atoms in total. The molecule has 0 aliphatic heterocycles. The second kappa shape index (κ2) is 4.17. The third-order valence-electron chi connectivity index (χ3n) is 2.11. The lowest BCUT2D eigenvalue weighted by Crippen LogP contribution is -2.13. The molecular formula is C11H6ClN3O. The fourth-order valence-electron chi connectivity index (χ4n) is 1.41. The van der Waals surface area contributed by atoms with Crippen molar-refractivity contribution in [3.05, 3.63) is 51.4 Å². The summed E-state index contributed by atoms with van der Waals surface area (Å²) in [5.41, 5.74) is 0.566. The standard InChI is InChI=1S/C11H6ClN3O/c12-10-8(6-13)9(11(16)15-14-10)7-4-2-1-3-5-7/h1-5H,(H,15,16). The van der Waals surface area contributed by atoms with Crippen molar-refractivity contribution in [2.75, 3.05) is 0 Å². The first-order chi connectivity index (χ1) is 7.74. The van der Waals surface area contributed by atoms with Gasteiger partial charge in [-0.1, -0.05) is 41.9 Å². The van der Waals surface area contributed by atoms with Crippen LogP contribution in [0.5, 0.6) is 0 Å². The summed E-state index contributed by atoms with van der Waals surface area (Å²) in [5.74, 6) is 0.